The van der Waals surface area contributed by atoms with Gasteiger partial charge >= 0.3 is 7.60 Å². The second kappa shape index (κ2) is 7.30. The first kappa shape index (κ1) is 15.7. The molecular formula is C13H20ClO3P. The number of rotatable bonds is 7. The van der Waals surface area contributed by atoms with Crippen molar-refractivity contribution >= 4 is 19.2 Å². The molecule has 0 spiro atoms. The average Bonchev–Trinajstić information content (AvgIpc) is 2.33. The summed E-state index contributed by atoms with van der Waals surface area (Å²) in [5.74, 6) is 0. The summed E-state index contributed by atoms with van der Waals surface area (Å²) in [5, 5.41) is 0.663. The van der Waals surface area contributed by atoms with Crippen LogP contribution in [-0.4, -0.2) is 13.2 Å². The molecule has 1 rings (SSSR count). The molecule has 0 saturated heterocycles. The van der Waals surface area contributed by atoms with E-state index < -0.39 is 7.60 Å². The average molecular weight is 291 g/mol. The third-order valence-electron chi connectivity index (χ3n) is 2.64. The number of hydrogen-bond acceptors (Lipinski definition) is 3. The van der Waals surface area contributed by atoms with Crippen LogP contribution in [0.5, 0.6) is 0 Å². The Morgan fingerprint density at radius 2 is 1.61 bits per heavy atom. The molecular weight excluding hydrogens is 271 g/mol. The predicted octanol–water partition coefficient (Wildman–Crippen LogP) is 5.06. The second-order valence-corrected chi connectivity index (χ2v) is 6.51. The highest BCUT2D eigenvalue weighted by Crippen LogP contribution is 2.62. The highest BCUT2D eigenvalue weighted by Gasteiger charge is 2.35. The molecule has 0 aliphatic rings. The maximum atomic E-state index is 12.8. The lowest BCUT2D eigenvalue weighted by molar-refractivity contribution is 0.211. The fourth-order valence-corrected chi connectivity index (χ4v) is 4.17. The van der Waals surface area contributed by atoms with Crippen molar-refractivity contribution in [1.29, 1.82) is 0 Å². The minimum absolute atomic E-state index is 0.241. The van der Waals surface area contributed by atoms with Gasteiger partial charge in [0, 0.05) is 5.02 Å². The van der Waals surface area contributed by atoms with E-state index in [1.807, 2.05) is 32.9 Å². The topological polar surface area (TPSA) is 35.5 Å². The summed E-state index contributed by atoms with van der Waals surface area (Å²) in [7, 11) is -3.11. The number of benzene rings is 1. The Morgan fingerprint density at radius 3 is 2.00 bits per heavy atom. The van der Waals surface area contributed by atoms with Crippen molar-refractivity contribution in [3.63, 3.8) is 0 Å². The molecule has 0 aliphatic carbocycles. The van der Waals surface area contributed by atoms with Gasteiger partial charge in [-0.25, -0.2) is 0 Å². The first-order valence-electron chi connectivity index (χ1n) is 6.21. The lowest BCUT2D eigenvalue weighted by atomic mass is 10.1. The molecule has 102 valence electrons. The van der Waals surface area contributed by atoms with Crippen molar-refractivity contribution in [2.24, 2.45) is 0 Å². The third-order valence-corrected chi connectivity index (χ3v) is 5.56. The van der Waals surface area contributed by atoms with E-state index in [0.717, 1.165) is 5.56 Å². The van der Waals surface area contributed by atoms with Crippen LogP contribution < -0.4 is 0 Å². The zero-order chi connectivity index (χ0) is 13.6. The van der Waals surface area contributed by atoms with Crippen LogP contribution in [0.3, 0.4) is 0 Å². The van der Waals surface area contributed by atoms with Gasteiger partial charge in [0.05, 0.1) is 18.9 Å². The van der Waals surface area contributed by atoms with E-state index in [-0.39, 0.29) is 5.66 Å². The van der Waals surface area contributed by atoms with E-state index in [0.29, 0.717) is 24.7 Å². The monoisotopic (exact) mass is 290 g/mol. The van der Waals surface area contributed by atoms with Crippen LogP contribution in [0.1, 0.15) is 38.4 Å². The molecule has 0 aliphatic heterocycles. The van der Waals surface area contributed by atoms with E-state index in [2.05, 4.69) is 0 Å². The predicted molar refractivity (Wildman–Crippen MR) is 75.3 cm³/mol. The Kier molecular flexibility index (Phi) is 6.37. The maximum Gasteiger partial charge on any atom is 0.338 e. The summed E-state index contributed by atoms with van der Waals surface area (Å²) in [6.07, 6.45) is 0.693. The van der Waals surface area contributed by atoms with Crippen molar-refractivity contribution in [1.82, 2.24) is 0 Å². The van der Waals surface area contributed by atoms with Gasteiger partial charge in [0.2, 0.25) is 0 Å². The Hall–Kier alpha value is -0.340. The fourth-order valence-electron chi connectivity index (χ4n) is 1.90. The van der Waals surface area contributed by atoms with Crippen LogP contribution >= 0.6 is 19.2 Å². The van der Waals surface area contributed by atoms with E-state index >= 15 is 0 Å². The van der Waals surface area contributed by atoms with Crippen LogP contribution in [-0.2, 0) is 13.6 Å². The molecule has 0 aromatic heterocycles. The Morgan fingerprint density at radius 1 is 1.11 bits per heavy atom. The van der Waals surface area contributed by atoms with Crippen LogP contribution in [0.4, 0.5) is 0 Å². The quantitative estimate of drug-likeness (QED) is 0.659. The molecule has 3 nitrogen and oxygen atoms in total. The molecule has 18 heavy (non-hydrogen) atoms. The summed E-state index contributed by atoms with van der Waals surface area (Å²) < 4.78 is 23.6. The van der Waals surface area contributed by atoms with Gasteiger partial charge in [-0.3, -0.25) is 4.57 Å². The molecule has 0 N–H and O–H groups in total. The van der Waals surface area contributed by atoms with Gasteiger partial charge in [0.15, 0.2) is 0 Å². The van der Waals surface area contributed by atoms with Crippen LogP contribution in [0.25, 0.3) is 0 Å². The third kappa shape index (κ3) is 3.83. The standard InChI is InChI=1S/C13H20ClO3P/c1-4-13(11-7-9-12(14)10-8-11)18(15,16-5-2)17-6-3/h7-10,13H,4-6H2,1-3H3. The van der Waals surface area contributed by atoms with Crippen LogP contribution in [0.2, 0.25) is 5.02 Å². The first-order valence-corrected chi connectivity index (χ1v) is 8.20. The van der Waals surface area contributed by atoms with E-state index in [4.69, 9.17) is 20.6 Å². The first-order chi connectivity index (χ1) is 8.57. The largest absolute Gasteiger partial charge is 0.338 e. The van der Waals surface area contributed by atoms with Gasteiger partial charge in [0.1, 0.15) is 0 Å². The molecule has 1 unspecified atom stereocenters. The highest BCUT2D eigenvalue weighted by atomic mass is 35.5. The molecule has 0 amide bonds. The van der Waals surface area contributed by atoms with Gasteiger partial charge in [-0.2, -0.15) is 0 Å². The summed E-state index contributed by atoms with van der Waals surface area (Å²) in [6.45, 7) is 6.37. The Balaban J connectivity index is 3.05. The minimum Gasteiger partial charge on any atom is -0.308 e. The summed E-state index contributed by atoms with van der Waals surface area (Å²) in [4.78, 5) is 0. The summed E-state index contributed by atoms with van der Waals surface area (Å²) in [5.41, 5.74) is 0.696. The fraction of sp³-hybridized carbons (Fsp3) is 0.538. The molecule has 1 atom stereocenters. The highest BCUT2D eigenvalue weighted by molar-refractivity contribution is 7.54. The minimum atomic E-state index is -3.11. The van der Waals surface area contributed by atoms with E-state index in [9.17, 15) is 4.57 Å². The van der Waals surface area contributed by atoms with Crippen molar-refractivity contribution in [2.75, 3.05) is 13.2 Å². The molecule has 0 fully saturated rings. The SMILES string of the molecule is CCOP(=O)(OCC)C(CC)c1ccc(Cl)cc1. The molecule has 0 heterocycles. The molecule has 1 aromatic rings. The maximum absolute atomic E-state index is 12.8. The smallest absolute Gasteiger partial charge is 0.308 e. The van der Waals surface area contributed by atoms with Gasteiger partial charge in [-0.05, 0) is 38.0 Å². The summed E-state index contributed by atoms with van der Waals surface area (Å²) in [6, 6.07) is 7.34. The van der Waals surface area contributed by atoms with E-state index in [1.54, 1.807) is 12.1 Å². The van der Waals surface area contributed by atoms with Gasteiger partial charge < -0.3 is 9.05 Å². The van der Waals surface area contributed by atoms with Crippen molar-refractivity contribution in [2.45, 2.75) is 32.9 Å². The molecule has 0 bridgehead atoms. The van der Waals surface area contributed by atoms with Crippen molar-refractivity contribution < 1.29 is 13.6 Å². The zero-order valence-corrected chi connectivity index (χ0v) is 12.7. The normalized spacial score (nSPS) is 13.6. The molecule has 0 radical (unpaired) electrons. The lowest BCUT2D eigenvalue weighted by Gasteiger charge is -2.25. The number of hydrogen-bond donors (Lipinski definition) is 0. The van der Waals surface area contributed by atoms with Crippen LogP contribution in [0.15, 0.2) is 24.3 Å². The second-order valence-electron chi connectivity index (χ2n) is 3.85. The Bertz CT molecular complexity index is 395. The molecule has 5 heteroatoms. The van der Waals surface area contributed by atoms with Crippen molar-refractivity contribution in [3.05, 3.63) is 34.9 Å². The number of halogens is 1. The molecule has 0 saturated carbocycles. The van der Waals surface area contributed by atoms with Gasteiger partial charge in [-0.1, -0.05) is 30.7 Å². The van der Waals surface area contributed by atoms with Crippen molar-refractivity contribution in [3.8, 4) is 0 Å². The van der Waals surface area contributed by atoms with E-state index in [1.165, 1.54) is 0 Å². The molecule has 1 aromatic carbocycles. The Labute approximate surface area is 114 Å². The van der Waals surface area contributed by atoms with Gasteiger partial charge in [0.25, 0.3) is 0 Å². The lowest BCUT2D eigenvalue weighted by Crippen LogP contribution is -2.06. The van der Waals surface area contributed by atoms with Crippen LogP contribution in [0, 0.1) is 0 Å². The van der Waals surface area contributed by atoms with Gasteiger partial charge in [-0.15, -0.1) is 0 Å². The summed E-state index contributed by atoms with van der Waals surface area (Å²) >= 11 is 5.86. The zero-order valence-electron chi connectivity index (χ0n) is 11.1.